The Morgan fingerprint density at radius 1 is 1.06 bits per heavy atom. The van der Waals surface area contributed by atoms with Gasteiger partial charge in [0.05, 0.1) is 24.1 Å². The molecule has 0 bridgehead atoms. The van der Waals surface area contributed by atoms with E-state index in [1.807, 2.05) is 25.1 Å². The van der Waals surface area contributed by atoms with Crippen molar-refractivity contribution in [3.05, 3.63) is 99.2 Å². The lowest BCUT2D eigenvalue weighted by Gasteiger charge is -2.26. The third kappa shape index (κ3) is 2.93. The van der Waals surface area contributed by atoms with E-state index in [1.54, 1.807) is 18.2 Å². The van der Waals surface area contributed by atoms with Gasteiger partial charge >= 0.3 is 0 Å². The first-order chi connectivity index (χ1) is 15.4. The number of benzene rings is 3. The summed E-state index contributed by atoms with van der Waals surface area (Å²) >= 11 is 0. The molecule has 1 atom stereocenters. The van der Waals surface area contributed by atoms with Crippen LogP contribution in [0.15, 0.2) is 69.9 Å². The molecule has 1 aromatic heterocycles. The smallest absolute Gasteiger partial charge is 0.295 e. The Hall–Kier alpha value is -4.13. The van der Waals surface area contributed by atoms with Gasteiger partial charge in [0.1, 0.15) is 11.4 Å². The summed E-state index contributed by atoms with van der Waals surface area (Å²) in [5, 5.41) is 10.1. The van der Waals surface area contributed by atoms with E-state index >= 15 is 0 Å². The van der Waals surface area contributed by atoms with Crippen LogP contribution in [0.25, 0.3) is 11.0 Å². The monoisotopic (exact) mass is 431 g/mol. The molecule has 5 rings (SSSR count). The van der Waals surface area contributed by atoms with Gasteiger partial charge < -0.3 is 14.3 Å². The molecule has 0 aliphatic carbocycles. The van der Waals surface area contributed by atoms with E-state index in [-0.39, 0.29) is 33.8 Å². The maximum atomic E-state index is 13.9. The van der Waals surface area contributed by atoms with E-state index in [4.69, 9.17) is 9.15 Å². The minimum absolute atomic E-state index is 0.0541. The van der Waals surface area contributed by atoms with Gasteiger partial charge in [-0.1, -0.05) is 18.2 Å². The lowest BCUT2D eigenvalue weighted by molar-refractivity contribution is 0.0971. The molecule has 1 aliphatic heterocycles. The van der Waals surface area contributed by atoms with Crippen LogP contribution in [0, 0.1) is 12.7 Å². The lowest BCUT2D eigenvalue weighted by atomic mass is 9.97. The van der Waals surface area contributed by atoms with Crippen LogP contribution in [0.2, 0.25) is 0 Å². The third-order valence-corrected chi connectivity index (χ3v) is 5.63. The number of hydrogen-bond donors (Lipinski definition) is 1. The highest BCUT2D eigenvalue weighted by Gasteiger charge is 2.44. The van der Waals surface area contributed by atoms with E-state index in [9.17, 15) is 19.1 Å². The molecule has 0 saturated heterocycles. The molecule has 0 saturated carbocycles. The molecule has 7 heteroatoms. The number of ether oxygens (including phenoxy) is 1. The molecule has 0 fully saturated rings. The fourth-order valence-corrected chi connectivity index (χ4v) is 4.17. The summed E-state index contributed by atoms with van der Waals surface area (Å²) in [6.07, 6.45) is 0. The van der Waals surface area contributed by atoms with Crippen LogP contribution in [0.3, 0.4) is 0 Å². The van der Waals surface area contributed by atoms with Crippen molar-refractivity contribution in [2.24, 2.45) is 0 Å². The van der Waals surface area contributed by atoms with Gasteiger partial charge in [0.15, 0.2) is 16.9 Å². The van der Waals surface area contributed by atoms with Crippen LogP contribution >= 0.6 is 0 Å². The summed E-state index contributed by atoms with van der Waals surface area (Å²) in [5.41, 5.74) is 1.81. The van der Waals surface area contributed by atoms with E-state index < -0.39 is 23.2 Å². The minimum Gasteiger partial charge on any atom is -0.504 e. The Morgan fingerprint density at radius 2 is 1.88 bits per heavy atom. The summed E-state index contributed by atoms with van der Waals surface area (Å²) in [4.78, 5) is 28.5. The molecule has 4 aromatic rings. The van der Waals surface area contributed by atoms with E-state index in [0.29, 0.717) is 11.3 Å². The number of halogens is 1. The van der Waals surface area contributed by atoms with Crippen LogP contribution in [0.1, 0.15) is 33.3 Å². The Labute approximate surface area is 182 Å². The van der Waals surface area contributed by atoms with Crippen molar-refractivity contribution in [3.8, 4) is 11.5 Å². The van der Waals surface area contributed by atoms with Gasteiger partial charge in [0, 0.05) is 5.69 Å². The molecule has 1 unspecified atom stereocenters. The normalized spacial score (nSPS) is 15.3. The first kappa shape index (κ1) is 19.8. The molecule has 6 nitrogen and oxygen atoms in total. The summed E-state index contributed by atoms with van der Waals surface area (Å²) in [5.74, 6) is -1.02. The van der Waals surface area contributed by atoms with Crippen molar-refractivity contribution >= 4 is 22.6 Å². The average Bonchev–Trinajstić information content (AvgIpc) is 3.07. The van der Waals surface area contributed by atoms with Gasteiger partial charge in [-0.15, -0.1) is 0 Å². The highest BCUT2D eigenvalue weighted by molar-refractivity contribution is 6.10. The van der Waals surface area contributed by atoms with Gasteiger partial charge in [-0.05, 0) is 60.5 Å². The van der Waals surface area contributed by atoms with Crippen LogP contribution < -0.4 is 15.1 Å². The van der Waals surface area contributed by atoms with Crippen molar-refractivity contribution in [2.75, 3.05) is 12.0 Å². The number of carbonyl (C=O) groups excluding carboxylic acids is 1. The largest absolute Gasteiger partial charge is 0.504 e. The van der Waals surface area contributed by atoms with E-state index in [0.717, 1.165) is 11.6 Å². The number of amides is 1. The summed E-state index contributed by atoms with van der Waals surface area (Å²) < 4.78 is 25.0. The highest BCUT2D eigenvalue weighted by Crippen LogP contribution is 2.43. The summed E-state index contributed by atoms with van der Waals surface area (Å²) in [6, 6.07) is 14.7. The maximum Gasteiger partial charge on any atom is 0.295 e. The molecule has 3 aromatic carbocycles. The molecule has 0 spiro atoms. The second-order valence-corrected chi connectivity index (χ2v) is 7.66. The number of hydrogen-bond acceptors (Lipinski definition) is 5. The van der Waals surface area contributed by atoms with Gasteiger partial charge in [0.2, 0.25) is 5.76 Å². The predicted octanol–water partition coefficient (Wildman–Crippen LogP) is 4.70. The molecule has 32 heavy (non-hydrogen) atoms. The molecule has 2 heterocycles. The average molecular weight is 431 g/mol. The molecular formula is C25H18FNO5. The summed E-state index contributed by atoms with van der Waals surface area (Å²) in [6.45, 7) is 1.90. The minimum atomic E-state index is -0.849. The zero-order chi connectivity index (χ0) is 22.6. The first-order valence-corrected chi connectivity index (χ1v) is 9.92. The number of phenols is 1. The maximum absolute atomic E-state index is 13.9. The zero-order valence-electron chi connectivity index (χ0n) is 17.3. The Kier molecular flexibility index (Phi) is 4.48. The lowest BCUT2D eigenvalue weighted by Crippen LogP contribution is -2.29. The number of rotatable bonds is 3. The van der Waals surface area contributed by atoms with Crippen LogP contribution in [0.4, 0.5) is 10.1 Å². The number of carbonyl (C=O) groups is 1. The van der Waals surface area contributed by atoms with Gasteiger partial charge in [0.25, 0.3) is 5.91 Å². The number of fused-ring (bicyclic) bond motifs is 2. The fourth-order valence-electron chi connectivity index (χ4n) is 4.17. The number of methoxy groups -OCH3 is 1. The fraction of sp³-hybridized carbons (Fsp3) is 0.120. The van der Waals surface area contributed by atoms with Gasteiger partial charge in [-0.3, -0.25) is 14.5 Å². The molecule has 1 aliphatic rings. The number of aromatic hydroxyl groups is 1. The van der Waals surface area contributed by atoms with Crippen LogP contribution in [0.5, 0.6) is 11.5 Å². The zero-order valence-corrected chi connectivity index (χ0v) is 17.3. The van der Waals surface area contributed by atoms with Crippen molar-refractivity contribution < 1.29 is 23.4 Å². The predicted molar refractivity (Wildman–Crippen MR) is 117 cm³/mol. The van der Waals surface area contributed by atoms with Gasteiger partial charge in [-0.2, -0.15) is 0 Å². The van der Waals surface area contributed by atoms with E-state index in [1.165, 1.54) is 30.2 Å². The highest BCUT2D eigenvalue weighted by atomic mass is 19.1. The Balaban J connectivity index is 1.83. The third-order valence-electron chi connectivity index (χ3n) is 5.63. The van der Waals surface area contributed by atoms with Gasteiger partial charge in [-0.25, -0.2) is 4.39 Å². The number of anilines is 1. The van der Waals surface area contributed by atoms with Crippen molar-refractivity contribution in [2.45, 2.75) is 13.0 Å². The van der Waals surface area contributed by atoms with Crippen molar-refractivity contribution in [3.63, 3.8) is 0 Å². The topological polar surface area (TPSA) is 80.0 Å². The molecule has 0 radical (unpaired) electrons. The second kappa shape index (κ2) is 7.23. The number of aryl methyl sites for hydroxylation is 1. The molecule has 1 N–H and O–H groups in total. The number of phenolic OH excluding ortho intramolecular Hbond substituents is 1. The molecule has 160 valence electrons. The second-order valence-electron chi connectivity index (χ2n) is 7.66. The SMILES string of the molecule is COc1cc(C2c3c(oc4ccc(F)cc4c3=O)C(=O)N2c2cccc(C)c2)ccc1O. The first-order valence-electron chi connectivity index (χ1n) is 9.92. The van der Waals surface area contributed by atoms with Crippen molar-refractivity contribution in [1.29, 1.82) is 0 Å². The van der Waals surface area contributed by atoms with Crippen molar-refractivity contribution in [1.82, 2.24) is 0 Å². The standard InChI is InChI=1S/C25H18FNO5/c1-13-4-3-5-16(10-13)27-22(14-6-8-18(28)20(11-14)31-2)21-23(29)17-12-15(26)7-9-19(17)32-24(21)25(27)30/h3-12,22,28H,1-2H3. The van der Waals surface area contributed by atoms with Crippen LogP contribution in [-0.2, 0) is 0 Å². The van der Waals surface area contributed by atoms with E-state index in [2.05, 4.69) is 0 Å². The molecular weight excluding hydrogens is 413 g/mol. The summed E-state index contributed by atoms with van der Waals surface area (Å²) in [7, 11) is 1.41. The number of nitrogens with zero attached hydrogens (tertiary/aromatic N) is 1. The Bertz CT molecular complexity index is 1460. The van der Waals surface area contributed by atoms with Crippen LogP contribution in [-0.4, -0.2) is 18.1 Å². The quantitative estimate of drug-likeness (QED) is 0.508. The Morgan fingerprint density at radius 3 is 2.62 bits per heavy atom. The molecule has 1 amide bonds.